The number of fused-ring (bicyclic) bond motifs is 3. The van der Waals surface area contributed by atoms with Crippen molar-refractivity contribution in [2.75, 3.05) is 23.7 Å². The van der Waals surface area contributed by atoms with Gasteiger partial charge in [-0.2, -0.15) is 10.4 Å². The number of aryl methyl sites for hydroxylation is 2. The van der Waals surface area contributed by atoms with Crippen LogP contribution < -0.4 is 10.6 Å². The molecular weight excluding hydrogens is 446 g/mol. The number of nitrogens with two attached hydrogens (primary N) is 1. The van der Waals surface area contributed by atoms with E-state index in [-0.39, 0.29) is 5.41 Å². The molecule has 0 amide bonds. The van der Waals surface area contributed by atoms with E-state index in [2.05, 4.69) is 42.0 Å². The zero-order valence-electron chi connectivity index (χ0n) is 21.6. The molecule has 0 radical (unpaired) electrons. The Morgan fingerprint density at radius 3 is 2.75 bits per heavy atom. The van der Waals surface area contributed by atoms with Crippen molar-refractivity contribution in [1.29, 1.82) is 5.26 Å². The van der Waals surface area contributed by atoms with E-state index < -0.39 is 0 Å². The SMILES string of the molecule is CCc1nc2c(c(N3CC(c4ccn(C)n4)C3)n1)CC[C@@]1(CCCC(C)c3ccc(N)c(C#N)c31)C2. The molecule has 186 valence electrons. The van der Waals surface area contributed by atoms with Gasteiger partial charge < -0.3 is 10.6 Å². The molecule has 1 aromatic carbocycles. The van der Waals surface area contributed by atoms with E-state index in [9.17, 15) is 5.26 Å². The van der Waals surface area contributed by atoms with E-state index in [1.807, 2.05) is 24.0 Å². The van der Waals surface area contributed by atoms with Gasteiger partial charge >= 0.3 is 0 Å². The van der Waals surface area contributed by atoms with Crippen LogP contribution in [-0.2, 0) is 31.7 Å². The van der Waals surface area contributed by atoms with Gasteiger partial charge in [-0.3, -0.25) is 4.68 Å². The second kappa shape index (κ2) is 8.62. The van der Waals surface area contributed by atoms with Crippen molar-refractivity contribution in [2.24, 2.45) is 7.05 Å². The molecule has 2 atom stereocenters. The van der Waals surface area contributed by atoms with Crippen LogP contribution in [0.15, 0.2) is 24.4 Å². The van der Waals surface area contributed by atoms with Crippen LogP contribution in [0, 0.1) is 11.3 Å². The minimum absolute atomic E-state index is 0.0877. The first-order chi connectivity index (χ1) is 17.4. The van der Waals surface area contributed by atoms with Crippen LogP contribution in [-0.4, -0.2) is 32.8 Å². The first-order valence-electron chi connectivity index (χ1n) is 13.4. The second-order valence-corrected chi connectivity index (χ2v) is 11.1. The third kappa shape index (κ3) is 3.57. The highest BCUT2D eigenvalue weighted by Gasteiger charge is 2.44. The monoisotopic (exact) mass is 481 g/mol. The highest BCUT2D eigenvalue weighted by atomic mass is 15.3. The molecular formula is C29H35N7. The summed E-state index contributed by atoms with van der Waals surface area (Å²) in [4.78, 5) is 12.5. The second-order valence-electron chi connectivity index (χ2n) is 11.1. The number of nitrogens with zero attached hydrogens (tertiary/aromatic N) is 6. The molecule has 1 unspecified atom stereocenters. The lowest BCUT2D eigenvalue weighted by molar-refractivity contribution is 0.332. The molecule has 0 bridgehead atoms. The zero-order valence-corrected chi connectivity index (χ0v) is 21.6. The fourth-order valence-electron chi connectivity index (χ4n) is 6.84. The van der Waals surface area contributed by atoms with Gasteiger partial charge in [-0.05, 0) is 61.3 Å². The molecule has 1 saturated heterocycles. The summed E-state index contributed by atoms with van der Waals surface area (Å²) >= 11 is 0. The Morgan fingerprint density at radius 2 is 2.03 bits per heavy atom. The maximum Gasteiger partial charge on any atom is 0.135 e. The molecule has 36 heavy (non-hydrogen) atoms. The molecule has 1 aliphatic heterocycles. The maximum atomic E-state index is 10.2. The first-order valence-corrected chi connectivity index (χ1v) is 13.4. The van der Waals surface area contributed by atoms with Crippen molar-refractivity contribution in [3.63, 3.8) is 0 Å². The van der Waals surface area contributed by atoms with E-state index in [0.29, 0.717) is 23.1 Å². The standard InChI is InChI=1S/C29H35N7/c1-4-26-32-25-14-29(11-5-6-18(2)20-7-8-23(31)22(15-30)27(20)29)12-9-21(25)28(33-26)36-16-19(17-36)24-10-13-35(3)34-24/h7-8,10,13,18-19H,4-6,9,11-12,14,16-17,31H2,1-3H3/t18?,29-/m0/s1. The quantitative estimate of drug-likeness (QED) is 0.552. The molecule has 2 N–H and O–H groups in total. The molecule has 1 spiro atoms. The lowest BCUT2D eigenvalue weighted by Gasteiger charge is -2.44. The van der Waals surface area contributed by atoms with Crippen molar-refractivity contribution in [3.05, 3.63) is 63.9 Å². The van der Waals surface area contributed by atoms with Crippen molar-refractivity contribution in [2.45, 2.75) is 76.0 Å². The Bertz CT molecular complexity index is 1360. The average molecular weight is 482 g/mol. The van der Waals surface area contributed by atoms with Gasteiger partial charge in [0, 0.05) is 55.3 Å². The average Bonchev–Trinajstić information content (AvgIpc) is 3.22. The summed E-state index contributed by atoms with van der Waals surface area (Å²) in [6.45, 7) is 6.33. The Labute approximate surface area is 213 Å². The summed E-state index contributed by atoms with van der Waals surface area (Å²) < 4.78 is 1.88. The maximum absolute atomic E-state index is 10.2. The fourth-order valence-corrected chi connectivity index (χ4v) is 6.84. The van der Waals surface area contributed by atoms with E-state index in [4.69, 9.17) is 15.7 Å². The van der Waals surface area contributed by atoms with Crippen LogP contribution in [0.4, 0.5) is 11.5 Å². The highest BCUT2D eigenvalue weighted by molar-refractivity contribution is 5.64. The predicted molar refractivity (Wildman–Crippen MR) is 141 cm³/mol. The molecule has 2 aromatic heterocycles. The minimum atomic E-state index is -0.0877. The van der Waals surface area contributed by atoms with Crippen molar-refractivity contribution < 1.29 is 0 Å². The van der Waals surface area contributed by atoms with Crippen LogP contribution in [0.1, 0.15) is 90.8 Å². The minimum Gasteiger partial charge on any atom is -0.398 e. The Hall–Kier alpha value is -3.40. The van der Waals surface area contributed by atoms with Gasteiger partial charge in [0.05, 0.1) is 17.0 Å². The predicted octanol–water partition coefficient (Wildman–Crippen LogP) is 4.54. The van der Waals surface area contributed by atoms with Gasteiger partial charge in [-0.1, -0.05) is 26.3 Å². The number of hydrogen-bond donors (Lipinski definition) is 1. The molecule has 7 heteroatoms. The number of hydrogen-bond acceptors (Lipinski definition) is 6. The van der Waals surface area contributed by atoms with Crippen molar-refractivity contribution in [3.8, 4) is 6.07 Å². The van der Waals surface area contributed by atoms with Gasteiger partial charge in [0.25, 0.3) is 0 Å². The van der Waals surface area contributed by atoms with E-state index in [1.165, 1.54) is 22.4 Å². The van der Waals surface area contributed by atoms with E-state index >= 15 is 0 Å². The summed E-state index contributed by atoms with van der Waals surface area (Å²) in [5.74, 6) is 2.92. The number of anilines is 2. The van der Waals surface area contributed by atoms with Gasteiger partial charge in [0.2, 0.25) is 0 Å². The van der Waals surface area contributed by atoms with E-state index in [0.717, 1.165) is 75.4 Å². The summed E-state index contributed by atoms with van der Waals surface area (Å²) in [5, 5.41) is 14.8. The molecule has 3 aliphatic rings. The van der Waals surface area contributed by atoms with Gasteiger partial charge in [0.1, 0.15) is 17.7 Å². The van der Waals surface area contributed by atoms with Gasteiger partial charge in [-0.25, -0.2) is 9.97 Å². The number of nitrogen functional groups attached to an aromatic ring is 1. The third-order valence-electron chi connectivity index (χ3n) is 8.86. The third-order valence-corrected chi connectivity index (χ3v) is 8.86. The highest BCUT2D eigenvalue weighted by Crippen LogP contribution is 2.51. The molecule has 3 aromatic rings. The Balaban J connectivity index is 1.39. The van der Waals surface area contributed by atoms with Crippen molar-refractivity contribution in [1.82, 2.24) is 19.7 Å². The van der Waals surface area contributed by atoms with Gasteiger partial charge in [0.15, 0.2) is 0 Å². The molecule has 3 heterocycles. The van der Waals surface area contributed by atoms with Crippen LogP contribution in [0.2, 0.25) is 0 Å². The normalized spacial score (nSPS) is 23.5. The first kappa shape index (κ1) is 23.0. The van der Waals surface area contributed by atoms with Crippen LogP contribution in [0.3, 0.4) is 0 Å². The number of aromatic nitrogens is 4. The number of nitriles is 1. The smallest absolute Gasteiger partial charge is 0.135 e. The largest absolute Gasteiger partial charge is 0.398 e. The summed E-state index contributed by atoms with van der Waals surface area (Å²) in [7, 11) is 1.97. The van der Waals surface area contributed by atoms with Crippen LogP contribution >= 0.6 is 0 Å². The van der Waals surface area contributed by atoms with Crippen LogP contribution in [0.25, 0.3) is 0 Å². The zero-order chi connectivity index (χ0) is 25.0. The molecule has 6 rings (SSSR count). The Morgan fingerprint density at radius 1 is 1.19 bits per heavy atom. The summed E-state index contributed by atoms with van der Waals surface area (Å²) in [6.07, 6.45) is 9.03. The molecule has 1 fully saturated rings. The lowest BCUT2D eigenvalue weighted by Crippen LogP contribution is -2.47. The van der Waals surface area contributed by atoms with Gasteiger partial charge in [-0.15, -0.1) is 0 Å². The Kier molecular flexibility index (Phi) is 5.51. The molecule has 0 saturated carbocycles. The summed E-state index contributed by atoms with van der Waals surface area (Å²) in [5.41, 5.74) is 13.7. The number of rotatable bonds is 3. The summed E-state index contributed by atoms with van der Waals surface area (Å²) in [6, 6.07) is 8.72. The number of benzene rings is 1. The fraction of sp³-hybridized carbons (Fsp3) is 0.517. The molecule has 7 nitrogen and oxygen atoms in total. The lowest BCUT2D eigenvalue weighted by atomic mass is 9.64. The van der Waals surface area contributed by atoms with E-state index in [1.54, 1.807) is 0 Å². The van der Waals surface area contributed by atoms with Crippen LogP contribution in [0.5, 0.6) is 0 Å². The topological polar surface area (TPSA) is 96.7 Å². The van der Waals surface area contributed by atoms with Crippen molar-refractivity contribution >= 4 is 11.5 Å². The molecule has 2 aliphatic carbocycles.